The van der Waals surface area contributed by atoms with Crippen LogP contribution in [0.25, 0.3) is 0 Å². The number of anilines is 1. The Hall–Kier alpha value is -1.10. The summed E-state index contributed by atoms with van der Waals surface area (Å²) in [5.41, 5.74) is 0.719. The van der Waals surface area contributed by atoms with Crippen LogP contribution < -0.4 is 5.32 Å². The molecule has 0 aliphatic carbocycles. The molecule has 1 saturated heterocycles. The quantitative estimate of drug-likeness (QED) is 0.889. The van der Waals surface area contributed by atoms with E-state index in [1.165, 1.54) is 0 Å². The molecule has 0 spiro atoms. The number of hydrogen-bond donors (Lipinski definition) is 2. The minimum atomic E-state index is -0.246. The maximum absolute atomic E-state index is 11.8. The van der Waals surface area contributed by atoms with Crippen LogP contribution in [0.4, 0.5) is 5.69 Å². The van der Waals surface area contributed by atoms with E-state index in [2.05, 4.69) is 10.2 Å². The van der Waals surface area contributed by atoms with Gasteiger partial charge in [-0.3, -0.25) is 4.79 Å². The number of β-amino-alcohol motifs (C(OH)–C–C–N with tert-alkyl or cyclic N) is 1. The molecule has 1 aliphatic rings. The number of likely N-dealkylation sites (tertiary alicyclic amines) is 1. The highest BCUT2D eigenvalue weighted by molar-refractivity contribution is 6.30. The SMILES string of the molecule is O=C(CCN1CCC[C@H](O)C1)Nc1cccc(Cl)c1. The molecule has 0 unspecified atom stereocenters. The van der Waals surface area contributed by atoms with Gasteiger partial charge < -0.3 is 15.3 Å². The lowest BCUT2D eigenvalue weighted by Gasteiger charge is -2.29. The van der Waals surface area contributed by atoms with E-state index in [-0.39, 0.29) is 12.0 Å². The largest absolute Gasteiger partial charge is 0.392 e. The average molecular weight is 283 g/mol. The number of piperidine rings is 1. The van der Waals surface area contributed by atoms with Crippen LogP contribution >= 0.6 is 11.6 Å². The van der Waals surface area contributed by atoms with E-state index >= 15 is 0 Å². The molecular weight excluding hydrogens is 264 g/mol. The van der Waals surface area contributed by atoms with Gasteiger partial charge in [-0.25, -0.2) is 0 Å². The second kappa shape index (κ2) is 6.89. The zero-order valence-corrected chi connectivity index (χ0v) is 11.6. The molecule has 5 heteroatoms. The number of carbonyl (C=O) groups is 1. The van der Waals surface area contributed by atoms with Crippen LogP contribution in [0.3, 0.4) is 0 Å². The van der Waals surface area contributed by atoms with Gasteiger partial charge >= 0.3 is 0 Å². The molecule has 1 amide bonds. The van der Waals surface area contributed by atoms with E-state index in [1.54, 1.807) is 18.2 Å². The zero-order valence-electron chi connectivity index (χ0n) is 10.8. The van der Waals surface area contributed by atoms with E-state index in [1.807, 2.05) is 6.07 Å². The van der Waals surface area contributed by atoms with E-state index < -0.39 is 0 Å². The number of aliphatic hydroxyl groups is 1. The molecule has 1 aromatic rings. The summed E-state index contributed by atoms with van der Waals surface area (Å²) in [6.07, 6.45) is 2.05. The number of amides is 1. The molecule has 1 fully saturated rings. The van der Waals surface area contributed by atoms with Gasteiger partial charge in [-0.1, -0.05) is 17.7 Å². The Bertz CT molecular complexity index is 439. The van der Waals surface area contributed by atoms with Crippen molar-refractivity contribution in [3.05, 3.63) is 29.3 Å². The van der Waals surface area contributed by atoms with Crippen molar-refractivity contribution in [2.75, 3.05) is 25.0 Å². The number of benzene rings is 1. The average Bonchev–Trinajstić information content (AvgIpc) is 2.36. The Morgan fingerprint density at radius 3 is 3.11 bits per heavy atom. The molecule has 4 nitrogen and oxygen atoms in total. The maximum Gasteiger partial charge on any atom is 0.225 e. The predicted octanol–water partition coefficient (Wildman–Crippen LogP) is 2.13. The Balaban J connectivity index is 1.75. The Morgan fingerprint density at radius 2 is 2.37 bits per heavy atom. The summed E-state index contributed by atoms with van der Waals surface area (Å²) in [5, 5.41) is 13.0. The third-order valence-electron chi connectivity index (χ3n) is 3.24. The summed E-state index contributed by atoms with van der Waals surface area (Å²) >= 11 is 5.86. The monoisotopic (exact) mass is 282 g/mol. The minimum Gasteiger partial charge on any atom is -0.392 e. The van der Waals surface area contributed by atoms with Gasteiger partial charge in [0.2, 0.25) is 5.91 Å². The van der Waals surface area contributed by atoms with Gasteiger partial charge in [-0.15, -0.1) is 0 Å². The first kappa shape index (κ1) is 14.3. The van der Waals surface area contributed by atoms with E-state index in [0.717, 1.165) is 25.1 Å². The van der Waals surface area contributed by atoms with Crippen molar-refractivity contribution >= 4 is 23.2 Å². The molecule has 1 aliphatic heterocycles. The lowest BCUT2D eigenvalue weighted by molar-refractivity contribution is -0.116. The van der Waals surface area contributed by atoms with Gasteiger partial charge in [0, 0.05) is 30.2 Å². The second-order valence-corrected chi connectivity index (χ2v) is 5.34. The lowest BCUT2D eigenvalue weighted by atomic mass is 10.1. The molecule has 0 radical (unpaired) electrons. The summed E-state index contributed by atoms with van der Waals surface area (Å²) in [4.78, 5) is 13.9. The van der Waals surface area contributed by atoms with Gasteiger partial charge in [0.15, 0.2) is 0 Å². The number of aliphatic hydroxyl groups excluding tert-OH is 1. The summed E-state index contributed by atoms with van der Waals surface area (Å²) in [7, 11) is 0. The number of halogens is 1. The topological polar surface area (TPSA) is 52.6 Å². The summed E-state index contributed by atoms with van der Waals surface area (Å²) in [6, 6.07) is 7.11. The van der Waals surface area contributed by atoms with Crippen LogP contribution in [-0.4, -0.2) is 41.7 Å². The van der Waals surface area contributed by atoms with Crippen molar-refractivity contribution < 1.29 is 9.90 Å². The van der Waals surface area contributed by atoms with Crippen LogP contribution in [0.2, 0.25) is 5.02 Å². The van der Waals surface area contributed by atoms with Gasteiger partial charge in [0.05, 0.1) is 6.10 Å². The fourth-order valence-electron chi connectivity index (χ4n) is 2.28. The Kier molecular flexibility index (Phi) is 5.19. The molecule has 0 aromatic heterocycles. The summed E-state index contributed by atoms with van der Waals surface area (Å²) in [6.45, 7) is 2.31. The first-order valence-corrected chi connectivity index (χ1v) is 6.97. The summed E-state index contributed by atoms with van der Waals surface area (Å²) in [5.74, 6) is -0.0256. The fourth-order valence-corrected chi connectivity index (χ4v) is 2.47. The van der Waals surface area contributed by atoms with Crippen molar-refractivity contribution in [3.63, 3.8) is 0 Å². The van der Waals surface area contributed by atoms with Crippen LogP contribution in [0.5, 0.6) is 0 Å². The molecule has 2 N–H and O–H groups in total. The fraction of sp³-hybridized carbons (Fsp3) is 0.500. The van der Waals surface area contributed by atoms with Crippen LogP contribution in [0, 0.1) is 0 Å². The van der Waals surface area contributed by atoms with Gasteiger partial charge in [0.25, 0.3) is 0 Å². The molecule has 0 bridgehead atoms. The maximum atomic E-state index is 11.8. The molecule has 1 aromatic carbocycles. The minimum absolute atomic E-state index is 0.0256. The molecule has 1 atom stereocenters. The van der Waals surface area contributed by atoms with Crippen LogP contribution in [0.1, 0.15) is 19.3 Å². The molecule has 2 rings (SSSR count). The van der Waals surface area contributed by atoms with Crippen molar-refractivity contribution in [3.8, 4) is 0 Å². The van der Waals surface area contributed by atoms with E-state index in [9.17, 15) is 9.90 Å². The molecule has 19 heavy (non-hydrogen) atoms. The lowest BCUT2D eigenvalue weighted by Crippen LogP contribution is -2.39. The third kappa shape index (κ3) is 4.82. The smallest absolute Gasteiger partial charge is 0.225 e. The highest BCUT2D eigenvalue weighted by Crippen LogP contribution is 2.15. The van der Waals surface area contributed by atoms with Crippen LogP contribution in [0.15, 0.2) is 24.3 Å². The van der Waals surface area contributed by atoms with Crippen molar-refractivity contribution in [2.45, 2.75) is 25.4 Å². The molecule has 104 valence electrons. The Morgan fingerprint density at radius 1 is 1.53 bits per heavy atom. The standard InChI is InChI=1S/C14H19ClN2O2/c15-11-3-1-4-12(9-11)16-14(19)6-8-17-7-2-5-13(18)10-17/h1,3-4,9,13,18H,2,5-8,10H2,(H,16,19)/t13-/m0/s1. The van der Waals surface area contributed by atoms with Crippen molar-refractivity contribution in [1.82, 2.24) is 4.90 Å². The van der Waals surface area contributed by atoms with Crippen molar-refractivity contribution in [2.24, 2.45) is 0 Å². The van der Waals surface area contributed by atoms with Gasteiger partial charge in [-0.05, 0) is 37.6 Å². The molecule has 0 saturated carbocycles. The molecular formula is C14H19ClN2O2. The zero-order chi connectivity index (χ0) is 13.7. The number of carbonyl (C=O) groups excluding carboxylic acids is 1. The molecule has 1 heterocycles. The highest BCUT2D eigenvalue weighted by Gasteiger charge is 2.17. The van der Waals surface area contributed by atoms with E-state index in [0.29, 0.717) is 24.5 Å². The number of rotatable bonds is 4. The van der Waals surface area contributed by atoms with E-state index in [4.69, 9.17) is 11.6 Å². The Labute approximate surface area is 118 Å². The predicted molar refractivity (Wildman–Crippen MR) is 76.4 cm³/mol. The highest BCUT2D eigenvalue weighted by atomic mass is 35.5. The van der Waals surface area contributed by atoms with Gasteiger partial charge in [-0.2, -0.15) is 0 Å². The van der Waals surface area contributed by atoms with Crippen LogP contribution in [-0.2, 0) is 4.79 Å². The first-order valence-electron chi connectivity index (χ1n) is 6.59. The number of nitrogens with zero attached hydrogens (tertiary/aromatic N) is 1. The third-order valence-corrected chi connectivity index (χ3v) is 3.48. The number of nitrogens with one attached hydrogen (secondary N) is 1. The summed E-state index contributed by atoms with van der Waals surface area (Å²) < 4.78 is 0. The van der Waals surface area contributed by atoms with Crippen molar-refractivity contribution in [1.29, 1.82) is 0 Å². The number of hydrogen-bond acceptors (Lipinski definition) is 3. The van der Waals surface area contributed by atoms with Gasteiger partial charge in [0.1, 0.15) is 0 Å². The first-order chi connectivity index (χ1) is 9.13. The normalized spacial score (nSPS) is 20.2. The second-order valence-electron chi connectivity index (χ2n) is 4.91.